The van der Waals surface area contributed by atoms with E-state index in [0.29, 0.717) is 0 Å². The second kappa shape index (κ2) is 3.90. The monoisotopic (exact) mass is 178 g/mol. The first kappa shape index (κ1) is 10.2. The van der Waals surface area contributed by atoms with Gasteiger partial charge in [0.25, 0.3) is 0 Å². The van der Waals surface area contributed by atoms with Crippen molar-refractivity contribution in [2.75, 3.05) is 0 Å². The van der Waals surface area contributed by atoms with E-state index < -0.39 is 0 Å². The van der Waals surface area contributed by atoms with Gasteiger partial charge in [-0.05, 0) is 55.5 Å². The molecule has 0 bridgehead atoms. The molecular weight excluding hydrogens is 160 g/mol. The summed E-state index contributed by atoms with van der Waals surface area (Å²) in [5.74, 6) is 5.35. The molecule has 2 nitrogen and oxygen atoms in total. The summed E-state index contributed by atoms with van der Waals surface area (Å²) < 4.78 is 0. The molecule has 72 valence electrons. The Hall–Kier alpha value is -0.860. The highest BCUT2D eigenvalue weighted by molar-refractivity contribution is 5.43. The van der Waals surface area contributed by atoms with E-state index in [1.54, 1.807) is 0 Å². The van der Waals surface area contributed by atoms with Crippen molar-refractivity contribution in [2.45, 2.75) is 34.2 Å². The number of benzene rings is 1. The molecule has 0 unspecified atom stereocenters. The Morgan fingerprint density at radius 1 is 1.08 bits per heavy atom. The molecular formula is C11H18N2. The van der Waals surface area contributed by atoms with Gasteiger partial charge in [-0.3, -0.25) is 11.3 Å². The maximum atomic E-state index is 5.35. The van der Waals surface area contributed by atoms with Crippen molar-refractivity contribution in [3.63, 3.8) is 0 Å². The van der Waals surface area contributed by atoms with Crippen LogP contribution in [0.25, 0.3) is 0 Å². The van der Waals surface area contributed by atoms with Crippen molar-refractivity contribution < 1.29 is 0 Å². The van der Waals surface area contributed by atoms with E-state index in [2.05, 4.69) is 39.2 Å². The van der Waals surface area contributed by atoms with E-state index in [0.717, 1.165) is 6.54 Å². The molecule has 1 rings (SSSR count). The summed E-state index contributed by atoms with van der Waals surface area (Å²) >= 11 is 0. The van der Waals surface area contributed by atoms with Gasteiger partial charge in [-0.25, -0.2) is 0 Å². The van der Waals surface area contributed by atoms with Crippen LogP contribution in [0.3, 0.4) is 0 Å². The Morgan fingerprint density at radius 3 is 1.92 bits per heavy atom. The summed E-state index contributed by atoms with van der Waals surface area (Å²) in [6, 6.07) is 2.23. The minimum atomic E-state index is 0.750. The zero-order chi connectivity index (χ0) is 10.0. The van der Waals surface area contributed by atoms with Gasteiger partial charge in [0.2, 0.25) is 0 Å². The van der Waals surface area contributed by atoms with E-state index in [1.807, 2.05) is 0 Å². The molecule has 0 aromatic heterocycles. The van der Waals surface area contributed by atoms with Gasteiger partial charge >= 0.3 is 0 Å². The molecule has 0 saturated heterocycles. The van der Waals surface area contributed by atoms with Crippen LogP contribution in [-0.4, -0.2) is 0 Å². The number of hydrazine groups is 1. The maximum Gasteiger partial charge on any atom is 0.0354 e. The third-order valence-electron chi connectivity index (χ3n) is 2.80. The first-order valence-electron chi connectivity index (χ1n) is 4.57. The second-order valence-electron chi connectivity index (χ2n) is 3.62. The van der Waals surface area contributed by atoms with Crippen LogP contribution in [0.15, 0.2) is 6.07 Å². The summed E-state index contributed by atoms with van der Waals surface area (Å²) in [4.78, 5) is 0. The zero-order valence-corrected chi connectivity index (χ0v) is 8.86. The Balaban J connectivity index is 3.28. The Kier molecular flexibility index (Phi) is 3.07. The molecule has 0 radical (unpaired) electrons. The number of nitrogens with two attached hydrogens (primary N) is 1. The molecule has 0 amide bonds. The average molecular weight is 178 g/mol. The topological polar surface area (TPSA) is 38.0 Å². The minimum absolute atomic E-state index is 0.750. The molecule has 13 heavy (non-hydrogen) atoms. The SMILES string of the molecule is Cc1cc(C)c(C)c(CNN)c1C. The van der Waals surface area contributed by atoms with Gasteiger partial charge in [0, 0.05) is 6.54 Å². The third kappa shape index (κ3) is 1.90. The van der Waals surface area contributed by atoms with Crippen LogP contribution < -0.4 is 11.3 Å². The molecule has 0 aliphatic carbocycles. The van der Waals surface area contributed by atoms with Crippen molar-refractivity contribution in [2.24, 2.45) is 5.84 Å². The van der Waals surface area contributed by atoms with E-state index in [4.69, 9.17) is 5.84 Å². The largest absolute Gasteiger partial charge is 0.271 e. The highest BCUT2D eigenvalue weighted by Gasteiger charge is 2.06. The van der Waals surface area contributed by atoms with Crippen molar-refractivity contribution in [3.8, 4) is 0 Å². The van der Waals surface area contributed by atoms with E-state index in [1.165, 1.54) is 27.8 Å². The summed E-state index contributed by atoms with van der Waals surface area (Å²) in [6.07, 6.45) is 0. The van der Waals surface area contributed by atoms with Gasteiger partial charge < -0.3 is 0 Å². The smallest absolute Gasteiger partial charge is 0.0354 e. The van der Waals surface area contributed by atoms with Gasteiger partial charge in [0.05, 0.1) is 0 Å². The number of nitrogens with one attached hydrogen (secondary N) is 1. The lowest BCUT2D eigenvalue weighted by Crippen LogP contribution is -2.22. The fraction of sp³-hybridized carbons (Fsp3) is 0.455. The second-order valence-corrected chi connectivity index (χ2v) is 3.62. The van der Waals surface area contributed by atoms with Crippen molar-refractivity contribution in [3.05, 3.63) is 33.9 Å². The molecule has 2 heteroatoms. The predicted octanol–water partition coefficient (Wildman–Crippen LogP) is 1.88. The van der Waals surface area contributed by atoms with Crippen molar-refractivity contribution in [1.82, 2.24) is 5.43 Å². The van der Waals surface area contributed by atoms with Crippen LogP contribution >= 0.6 is 0 Å². The molecule has 0 saturated carbocycles. The van der Waals surface area contributed by atoms with Crippen LogP contribution in [0.4, 0.5) is 0 Å². The lowest BCUT2D eigenvalue weighted by molar-refractivity contribution is 0.731. The first-order valence-corrected chi connectivity index (χ1v) is 4.57. The summed E-state index contributed by atoms with van der Waals surface area (Å²) in [7, 11) is 0. The molecule has 0 heterocycles. The Bertz CT molecular complexity index is 290. The maximum absolute atomic E-state index is 5.35. The van der Waals surface area contributed by atoms with Crippen LogP contribution in [0, 0.1) is 27.7 Å². The number of rotatable bonds is 2. The highest BCUT2D eigenvalue weighted by Crippen LogP contribution is 2.20. The van der Waals surface area contributed by atoms with Gasteiger partial charge in [-0.1, -0.05) is 6.07 Å². The Labute approximate surface area is 80.1 Å². The summed E-state index contributed by atoms with van der Waals surface area (Å²) in [5, 5.41) is 0. The molecule has 0 fully saturated rings. The quantitative estimate of drug-likeness (QED) is 0.536. The number of hydrogen-bond donors (Lipinski definition) is 2. The molecule has 1 aromatic carbocycles. The summed E-state index contributed by atoms with van der Waals surface area (Å²) in [5.41, 5.74) is 9.43. The van der Waals surface area contributed by atoms with Crippen LogP contribution in [0.2, 0.25) is 0 Å². The first-order chi connectivity index (χ1) is 6.07. The minimum Gasteiger partial charge on any atom is -0.271 e. The normalized spacial score (nSPS) is 10.5. The van der Waals surface area contributed by atoms with E-state index in [9.17, 15) is 0 Å². The summed E-state index contributed by atoms with van der Waals surface area (Å²) in [6.45, 7) is 9.33. The van der Waals surface area contributed by atoms with Gasteiger partial charge in [-0.2, -0.15) is 0 Å². The highest BCUT2D eigenvalue weighted by atomic mass is 15.2. The Morgan fingerprint density at radius 2 is 1.54 bits per heavy atom. The van der Waals surface area contributed by atoms with Crippen molar-refractivity contribution >= 4 is 0 Å². The lowest BCUT2D eigenvalue weighted by atomic mass is 9.94. The van der Waals surface area contributed by atoms with E-state index in [-0.39, 0.29) is 0 Å². The lowest BCUT2D eigenvalue weighted by Gasteiger charge is -2.14. The molecule has 1 aromatic rings. The van der Waals surface area contributed by atoms with Gasteiger partial charge in [0.15, 0.2) is 0 Å². The molecule has 3 N–H and O–H groups in total. The number of aryl methyl sites for hydroxylation is 2. The van der Waals surface area contributed by atoms with Crippen LogP contribution in [0.5, 0.6) is 0 Å². The standard InChI is InChI=1S/C11H18N2/c1-7-5-8(2)10(4)11(6-13-12)9(7)3/h5,13H,6,12H2,1-4H3. The van der Waals surface area contributed by atoms with E-state index >= 15 is 0 Å². The van der Waals surface area contributed by atoms with Gasteiger partial charge in [-0.15, -0.1) is 0 Å². The van der Waals surface area contributed by atoms with Crippen molar-refractivity contribution in [1.29, 1.82) is 0 Å². The molecule has 0 spiro atoms. The molecule has 0 aliphatic rings. The van der Waals surface area contributed by atoms with Crippen LogP contribution in [0.1, 0.15) is 27.8 Å². The van der Waals surface area contributed by atoms with Gasteiger partial charge in [0.1, 0.15) is 0 Å². The number of hydrogen-bond acceptors (Lipinski definition) is 2. The fourth-order valence-electron chi connectivity index (χ4n) is 1.67. The molecule has 0 aliphatic heterocycles. The zero-order valence-electron chi connectivity index (χ0n) is 8.86. The molecule has 0 atom stereocenters. The average Bonchev–Trinajstić information content (AvgIpc) is 2.09. The fourth-order valence-corrected chi connectivity index (χ4v) is 1.67. The third-order valence-corrected chi connectivity index (χ3v) is 2.80. The van der Waals surface area contributed by atoms with Crippen LogP contribution in [-0.2, 0) is 6.54 Å². The predicted molar refractivity (Wildman–Crippen MR) is 56.4 cm³/mol.